The largest absolute Gasteiger partial charge is 0.493 e. The van der Waals surface area contributed by atoms with E-state index in [0.29, 0.717) is 18.4 Å². The summed E-state index contributed by atoms with van der Waals surface area (Å²) in [7, 11) is 5.40. The van der Waals surface area contributed by atoms with Gasteiger partial charge in [0.25, 0.3) is 0 Å². The predicted octanol–water partition coefficient (Wildman–Crippen LogP) is 4.67. The summed E-state index contributed by atoms with van der Waals surface area (Å²) in [6.45, 7) is 5.43. The van der Waals surface area contributed by atoms with E-state index in [-0.39, 0.29) is 5.97 Å². The van der Waals surface area contributed by atoms with Gasteiger partial charge in [0.05, 0.1) is 14.2 Å². The number of esters is 1. The van der Waals surface area contributed by atoms with Crippen LogP contribution in [0.15, 0.2) is 36.1 Å². The minimum absolute atomic E-state index is 0.0611. The number of likely N-dealkylation sites (N-methyl/N-ethyl adjacent to an activating group) is 1. The number of methoxy groups -OCH3 is 2. The summed E-state index contributed by atoms with van der Waals surface area (Å²) >= 11 is 0. The first kappa shape index (κ1) is 22.3. The van der Waals surface area contributed by atoms with Gasteiger partial charge < -0.3 is 14.2 Å². The third-order valence-electron chi connectivity index (χ3n) is 5.42. The number of benzene rings is 1. The lowest BCUT2D eigenvalue weighted by atomic mass is 9.89. The number of para-hydroxylation sites is 2. The van der Waals surface area contributed by atoms with Crippen molar-refractivity contribution < 1.29 is 19.0 Å². The van der Waals surface area contributed by atoms with Crippen LogP contribution in [0.5, 0.6) is 11.5 Å². The molecule has 5 heteroatoms. The molecular weight excluding hydrogens is 354 g/mol. The van der Waals surface area contributed by atoms with Crippen molar-refractivity contribution in [3.63, 3.8) is 0 Å². The van der Waals surface area contributed by atoms with Gasteiger partial charge in [-0.3, -0.25) is 9.69 Å². The molecule has 0 aromatic heterocycles. The average molecular weight is 390 g/mol. The lowest BCUT2D eigenvalue weighted by Gasteiger charge is -2.27. The molecule has 0 radical (unpaired) electrons. The number of carbonyl (C=O) groups is 1. The Kier molecular flexibility index (Phi) is 8.84. The molecule has 0 saturated carbocycles. The second-order valence-electron chi connectivity index (χ2n) is 7.95. The summed E-state index contributed by atoms with van der Waals surface area (Å²) in [6, 6.07) is 8.02. The Morgan fingerprint density at radius 1 is 1.14 bits per heavy atom. The van der Waals surface area contributed by atoms with Crippen molar-refractivity contribution in [2.75, 3.05) is 27.8 Å². The SMILES string of the molecule is CC(C)CCC(=O)OC1=C[C@H]2C(CC1)CCN2C.COc1ccccc1OC. The molecule has 0 bridgehead atoms. The van der Waals surface area contributed by atoms with Crippen molar-refractivity contribution in [3.8, 4) is 11.5 Å². The van der Waals surface area contributed by atoms with E-state index in [9.17, 15) is 4.79 Å². The van der Waals surface area contributed by atoms with Gasteiger partial charge in [0.15, 0.2) is 11.5 Å². The summed E-state index contributed by atoms with van der Waals surface area (Å²) < 4.78 is 15.5. The zero-order chi connectivity index (χ0) is 20.5. The Morgan fingerprint density at radius 3 is 2.36 bits per heavy atom. The summed E-state index contributed by atoms with van der Waals surface area (Å²) in [5.41, 5.74) is 0. The van der Waals surface area contributed by atoms with Crippen molar-refractivity contribution in [2.45, 2.75) is 52.0 Å². The van der Waals surface area contributed by atoms with E-state index in [1.54, 1.807) is 14.2 Å². The number of fused-ring (bicyclic) bond motifs is 1. The molecule has 1 saturated heterocycles. The second-order valence-corrected chi connectivity index (χ2v) is 7.95. The zero-order valence-corrected chi connectivity index (χ0v) is 17.9. The van der Waals surface area contributed by atoms with Gasteiger partial charge in [-0.1, -0.05) is 26.0 Å². The van der Waals surface area contributed by atoms with Crippen LogP contribution in [0.3, 0.4) is 0 Å². The highest BCUT2D eigenvalue weighted by Crippen LogP contribution is 2.34. The third-order valence-corrected chi connectivity index (χ3v) is 5.42. The molecule has 3 rings (SSSR count). The van der Waals surface area contributed by atoms with E-state index in [0.717, 1.165) is 42.4 Å². The average Bonchev–Trinajstić information content (AvgIpc) is 3.07. The molecule has 0 N–H and O–H groups in total. The maximum atomic E-state index is 11.7. The van der Waals surface area contributed by atoms with Crippen LogP contribution in [0, 0.1) is 11.8 Å². The van der Waals surface area contributed by atoms with Crippen LogP contribution in [0.2, 0.25) is 0 Å². The van der Waals surface area contributed by atoms with E-state index in [1.807, 2.05) is 24.3 Å². The van der Waals surface area contributed by atoms with E-state index >= 15 is 0 Å². The Hall–Kier alpha value is -2.01. The number of hydrogen-bond donors (Lipinski definition) is 0. The molecule has 1 aliphatic heterocycles. The summed E-state index contributed by atoms with van der Waals surface area (Å²) in [5, 5.41) is 0. The minimum Gasteiger partial charge on any atom is -0.493 e. The number of ether oxygens (including phenoxy) is 3. The summed E-state index contributed by atoms with van der Waals surface area (Å²) in [4.78, 5) is 14.1. The molecule has 2 atom stereocenters. The Bertz CT molecular complexity index is 633. The molecule has 156 valence electrons. The number of allylic oxidation sites excluding steroid dienone is 1. The van der Waals surface area contributed by atoms with E-state index in [1.165, 1.54) is 13.0 Å². The van der Waals surface area contributed by atoms with Crippen molar-refractivity contribution in [1.29, 1.82) is 0 Å². The fourth-order valence-electron chi connectivity index (χ4n) is 3.71. The zero-order valence-electron chi connectivity index (χ0n) is 17.9. The Labute approximate surface area is 169 Å². The van der Waals surface area contributed by atoms with Gasteiger partial charge in [0.2, 0.25) is 0 Å². The van der Waals surface area contributed by atoms with Gasteiger partial charge in [-0.05, 0) is 62.9 Å². The fourth-order valence-corrected chi connectivity index (χ4v) is 3.71. The highest BCUT2D eigenvalue weighted by molar-refractivity contribution is 5.70. The fraction of sp³-hybridized carbons (Fsp3) is 0.609. The molecular formula is C23H35NO4. The van der Waals surface area contributed by atoms with Crippen LogP contribution in [-0.2, 0) is 9.53 Å². The lowest BCUT2D eigenvalue weighted by Crippen LogP contribution is -2.30. The van der Waals surface area contributed by atoms with E-state index in [2.05, 4.69) is 31.9 Å². The molecule has 1 fully saturated rings. The molecule has 28 heavy (non-hydrogen) atoms. The number of carbonyl (C=O) groups excluding carboxylic acids is 1. The number of hydrogen-bond acceptors (Lipinski definition) is 5. The van der Waals surface area contributed by atoms with Crippen LogP contribution in [0.1, 0.15) is 46.0 Å². The molecule has 2 aliphatic rings. The first-order valence-corrected chi connectivity index (χ1v) is 10.2. The molecule has 5 nitrogen and oxygen atoms in total. The van der Waals surface area contributed by atoms with Gasteiger partial charge in [0, 0.05) is 18.9 Å². The molecule has 1 heterocycles. The molecule has 1 aromatic carbocycles. The molecule has 1 aliphatic carbocycles. The van der Waals surface area contributed by atoms with E-state index in [4.69, 9.17) is 14.2 Å². The lowest BCUT2D eigenvalue weighted by molar-refractivity contribution is -0.140. The predicted molar refractivity (Wildman–Crippen MR) is 112 cm³/mol. The molecule has 1 unspecified atom stereocenters. The molecule has 1 aromatic rings. The number of rotatable bonds is 6. The van der Waals surface area contributed by atoms with Gasteiger partial charge in [-0.25, -0.2) is 0 Å². The van der Waals surface area contributed by atoms with Crippen LogP contribution in [0.4, 0.5) is 0 Å². The van der Waals surface area contributed by atoms with Gasteiger partial charge in [-0.15, -0.1) is 0 Å². The smallest absolute Gasteiger partial charge is 0.310 e. The van der Waals surface area contributed by atoms with Crippen molar-refractivity contribution in [2.24, 2.45) is 11.8 Å². The van der Waals surface area contributed by atoms with E-state index < -0.39 is 0 Å². The first-order valence-electron chi connectivity index (χ1n) is 10.2. The van der Waals surface area contributed by atoms with Crippen LogP contribution < -0.4 is 9.47 Å². The molecule has 0 amide bonds. The number of likely N-dealkylation sites (tertiary alicyclic amines) is 1. The monoisotopic (exact) mass is 389 g/mol. The topological polar surface area (TPSA) is 48.0 Å². The van der Waals surface area contributed by atoms with Gasteiger partial charge in [-0.2, -0.15) is 0 Å². The normalized spacial score (nSPS) is 21.3. The second kappa shape index (κ2) is 11.1. The molecule has 0 spiro atoms. The third kappa shape index (κ3) is 6.55. The van der Waals surface area contributed by atoms with Crippen LogP contribution in [-0.4, -0.2) is 44.7 Å². The minimum atomic E-state index is -0.0611. The van der Waals surface area contributed by atoms with Crippen molar-refractivity contribution in [3.05, 3.63) is 36.1 Å². The van der Waals surface area contributed by atoms with Crippen LogP contribution >= 0.6 is 0 Å². The van der Waals surface area contributed by atoms with Crippen LogP contribution in [0.25, 0.3) is 0 Å². The Balaban J connectivity index is 0.000000237. The standard InChI is InChI=1S/C15H25NO2.C8H10O2/c1-11(2)4-7-15(17)18-13-6-5-12-8-9-16(3)14(12)10-13;1-9-7-5-3-4-6-8(7)10-2/h10-12,14H,4-9H2,1-3H3;3-6H,1-2H3/t12?,14-;/m0./s1. The maximum Gasteiger partial charge on any atom is 0.310 e. The number of nitrogens with zero attached hydrogens (tertiary/aromatic N) is 1. The maximum absolute atomic E-state index is 11.7. The Morgan fingerprint density at radius 2 is 1.79 bits per heavy atom. The highest BCUT2D eigenvalue weighted by Gasteiger charge is 2.33. The van der Waals surface area contributed by atoms with Gasteiger partial charge in [0.1, 0.15) is 5.76 Å². The van der Waals surface area contributed by atoms with Crippen molar-refractivity contribution in [1.82, 2.24) is 4.90 Å². The summed E-state index contributed by atoms with van der Waals surface area (Å²) in [5.74, 6) is 3.71. The van der Waals surface area contributed by atoms with Gasteiger partial charge >= 0.3 is 5.97 Å². The van der Waals surface area contributed by atoms with Crippen molar-refractivity contribution >= 4 is 5.97 Å². The summed E-state index contributed by atoms with van der Waals surface area (Å²) in [6.07, 6.45) is 7.01. The highest BCUT2D eigenvalue weighted by atomic mass is 16.5. The quantitative estimate of drug-likeness (QED) is 0.662. The first-order chi connectivity index (χ1) is 13.4.